The summed E-state index contributed by atoms with van der Waals surface area (Å²) in [5, 5.41) is 4.27. The van der Waals surface area contributed by atoms with Crippen molar-refractivity contribution in [2.45, 2.75) is 25.8 Å². The van der Waals surface area contributed by atoms with Gasteiger partial charge >= 0.3 is 5.97 Å². The molecule has 1 heterocycles. The van der Waals surface area contributed by atoms with Crippen LogP contribution in [-0.2, 0) is 9.53 Å². The molecule has 0 radical (unpaired) electrons. The second kappa shape index (κ2) is 4.04. The molecule has 0 aliphatic carbocycles. The van der Waals surface area contributed by atoms with Crippen LogP contribution in [0.25, 0.3) is 0 Å². The highest BCUT2D eigenvalue weighted by atomic mass is 16.5. The zero-order valence-corrected chi connectivity index (χ0v) is 7.02. The van der Waals surface area contributed by atoms with Gasteiger partial charge in [0.05, 0.1) is 11.3 Å². The van der Waals surface area contributed by atoms with Crippen molar-refractivity contribution in [3.8, 4) is 0 Å². The van der Waals surface area contributed by atoms with Crippen molar-refractivity contribution in [2.75, 3.05) is 13.2 Å². The van der Waals surface area contributed by atoms with Crippen molar-refractivity contribution in [3.05, 3.63) is 4.91 Å². The maximum absolute atomic E-state index is 10.4. The zero-order chi connectivity index (χ0) is 8.97. The monoisotopic (exact) mass is 172 g/mol. The summed E-state index contributed by atoms with van der Waals surface area (Å²) in [6.07, 6.45) is 1.82. The van der Waals surface area contributed by atoms with E-state index >= 15 is 0 Å². The molecule has 1 rings (SSSR count). The Morgan fingerprint density at radius 1 is 1.75 bits per heavy atom. The quantitative estimate of drug-likeness (QED) is 0.464. The van der Waals surface area contributed by atoms with Crippen molar-refractivity contribution < 1.29 is 9.53 Å². The summed E-state index contributed by atoms with van der Waals surface area (Å²) in [7, 11) is 0. The van der Waals surface area contributed by atoms with E-state index in [-0.39, 0.29) is 18.6 Å². The van der Waals surface area contributed by atoms with Crippen LogP contribution in [0.4, 0.5) is 0 Å². The number of esters is 1. The maximum atomic E-state index is 10.4. The molecular weight excluding hydrogens is 160 g/mol. The molecule has 0 aromatic carbocycles. The first-order valence-electron chi connectivity index (χ1n) is 3.97. The van der Waals surface area contributed by atoms with Crippen molar-refractivity contribution in [1.29, 1.82) is 0 Å². The number of nitrogens with zero attached hydrogens (tertiary/aromatic N) is 2. The zero-order valence-electron chi connectivity index (χ0n) is 7.02. The van der Waals surface area contributed by atoms with E-state index in [0.717, 1.165) is 12.8 Å². The minimum Gasteiger partial charge on any atom is -0.464 e. The van der Waals surface area contributed by atoms with Gasteiger partial charge in [-0.3, -0.25) is 9.80 Å². The van der Waals surface area contributed by atoms with Crippen LogP contribution >= 0.6 is 0 Å². The van der Waals surface area contributed by atoms with Gasteiger partial charge in [-0.15, -0.1) is 4.91 Å². The fraction of sp³-hybridized carbons (Fsp3) is 0.857. The van der Waals surface area contributed by atoms with Crippen LogP contribution in [0.5, 0.6) is 0 Å². The van der Waals surface area contributed by atoms with Crippen LogP contribution in [-0.4, -0.2) is 30.2 Å². The van der Waals surface area contributed by atoms with Gasteiger partial charge in [0.25, 0.3) is 0 Å². The molecule has 1 aliphatic heterocycles. The van der Waals surface area contributed by atoms with Crippen molar-refractivity contribution in [1.82, 2.24) is 5.01 Å². The van der Waals surface area contributed by atoms with Crippen LogP contribution < -0.4 is 0 Å². The third kappa shape index (κ3) is 2.18. The molecular formula is C7H12N2O3. The minimum atomic E-state index is -0.312. The molecule has 5 heteroatoms. The lowest BCUT2D eigenvalue weighted by molar-refractivity contribution is -0.142. The van der Waals surface area contributed by atoms with Gasteiger partial charge in [0, 0.05) is 13.5 Å². The summed E-state index contributed by atoms with van der Waals surface area (Å²) in [5.74, 6) is -0.312. The highest BCUT2D eigenvalue weighted by molar-refractivity contribution is 5.65. The molecule has 0 saturated carbocycles. The van der Waals surface area contributed by atoms with Crippen LogP contribution in [0.1, 0.15) is 19.8 Å². The molecule has 1 aliphatic rings. The number of ether oxygens (including phenoxy) is 1. The first kappa shape index (κ1) is 8.96. The third-order valence-corrected chi connectivity index (χ3v) is 1.93. The Morgan fingerprint density at radius 2 is 2.50 bits per heavy atom. The Balaban J connectivity index is 2.30. The van der Waals surface area contributed by atoms with E-state index in [4.69, 9.17) is 4.74 Å². The molecule has 0 spiro atoms. The molecule has 0 bridgehead atoms. The highest BCUT2D eigenvalue weighted by Crippen LogP contribution is 2.17. The molecule has 1 atom stereocenters. The minimum absolute atomic E-state index is 0.00796. The van der Waals surface area contributed by atoms with Crippen LogP contribution in [0.2, 0.25) is 0 Å². The molecule has 0 amide bonds. The standard InChI is InChI=1S/C7H12N2O3/c1-6(10)12-5-7-3-2-4-9(7)8-11/h7H,2-5H2,1H3/t7-/m1/s1. The van der Waals surface area contributed by atoms with Crippen LogP contribution in [0.3, 0.4) is 0 Å². The number of rotatable bonds is 3. The molecule has 0 N–H and O–H groups in total. The number of carbonyl (C=O) groups excluding carboxylic acids is 1. The van der Waals surface area contributed by atoms with Crippen LogP contribution in [0.15, 0.2) is 5.29 Å². The van der Waals surface area contributed by atoms with Gasteiger partial charge < -0.3 is 4.74 Å². The predicted octanol–water partition coefficient (Wildman–Crippen LogP) is 0.695. The van der Waals surface area contributed by atoms with Gasteiger partial charge in [-0.05, 0) is 12.8 Å². The van der Waals surface area contributed by atoms with Crippen molar-refractivity contribution in [3.63, 3.8) is 0 Å². The number of nitroso groups, excluding NO2 is 1. The van der Waals surface area contributed by atoms with E-state index in [9.17, 15) is 9.70 Å². The molecule has 1 fully saturated rings. The summed E-state index contributed by atoms with van der Waals surface area (Å²) in [5.41, 5.74) is 0. The smallest absolute Gasteiger partial charge is 0.302 e. The normalized spacial score (nSPS) is 22.4. The average Bonchev–Trinajstić information content (AvgIpc) is 2.47. The first-order valence-corrected chi connectivity index (χ1v) is 3.97. The summed E-state index contributed by atoms with van der Waals surface area (Å²) < 4.78 is 4.78. The third-order valence-electron chi connectivity index (χ3n) is 1.93. The maximum Gasteiger partial charge on any atom is 0.302 e. The highest BCUT2D eigenvalue weighted by Gasteiger charge is 2.25. The van der Waals surface area contributed by atoms with E-state index in [1.807, 2.05) is 0 Å². The second-order valence-corrected chi connectivity index (χ2v) is 2.84. The Kier molecular flexibility index (Phi) is 3.01. The fourth-order valence-corrected chi connectivity index (χ4v) is 1.31. The predicted molar refractivity (Wildman–Crippen MR) is 42.2 cm³/mol. The average molecular weight is 172 g/mol. The number of hydrogen-bond acceptors (Lipinski definition) is 4. The SMILES string of the molecule is CC(=O)OC[C@H]1CCCN1N=O. The van der Waals surface area contributed by atoms with E-state index in [1.165, 1.54) is 11.9 Å². The van der Waals surface area contributed by atoms with Gasteiger partial charge in [-0.1, -0.05) is 0 Å². The summed E-state index contributed by atoms with van der Waals surface area (Å²) in [4.78, 5) is 20.6. The van der Waals surface area contributed by atoms with Crippen molar-refractivity contribution >= 4 is 5.97 Å². The Hall–Kier alpha value is -1.13. The van der Waals surface area contributed by atoms with Gasteiger partial charge in [-0.2, -0.15) is 0 Å². The number of carbonyl (C=O) groups is 1. The van der Waals surface area contributed by atoms with Gasteiger partial charge in [0.2, 0.25) is 0 Å². The van der Waals surface area contributed by atoms with E-state index in [0.29, 0.717) is 6.54 Å². The lowest BCUT2D eigenvalue weighted by atomic mass is 10.2. The number of hydrogen-bond donors (Lipinski definition) is 0. The van der Waals surface area contributed by atoms with Gasteiger partial charge in [0.1, 0.15) is 6.61 Å². The Morgan fingerprint density at radius 3 is 3.08 bits per heavy atom. The molecule has 0 aromatic heterocycles. The molecule has 1 saturated heterocycles. The van der Waals surface area contributed by atoms with Crippen LogP contribution in [0, 0.1) is 4.91 Å². The second-order valence-electron chi connectivity index (χ2n) is 2.84. The van der Waals surface area contributed by atoms with E-state index in [1.54, 1.807) is 0 Å². The van der Waals surface area contributed by atoms with Gasteiger partial charge in [-0.25, -0.2) is 0 Å². The van der Waals surface area contributed by atoms with E-state index in [2.05, 4.69) is 5.29 Å². The van der Waals surface area contributed by atoms with Crippen molar-refractivity contribution in [2.24, 2.45) is 5.29 Å². The largest absolute Gasteiger partial charge is 0.464 e. The van der Waals surface area contributed by atoms with Gasteiger partial charge in [0.15, 0.2) is 0 Å². The van der Waals surface area contributed by atoms with E-state index < -0.39 is 0 Å². The Bertz CT molecular complexity index is 183. The molecule has 12 heavy (non-hydrogen) atoms. The molecule has 0 unspecified atom stereocenters. The lowest BCUT2D eigenvalue weighted by Crippen LogP contribution is -2.29. The molecule has 68 valence electrons. The topological polar surface area (TPSA) is 59.0 Å². The molecule has 5 nitrogen and oxygen atoms in total. The first-order chi connectivity index (χ1) is 5.74. The Labute approximate surface area is 70.6 Å². The molecule has 0 aromatic rings. The summed E-state index contributed by atoms with van der Waals surface area (Å²) in [6, 6.07) is -0.00796. The summed E-state index contributed by atoms with van der Waals surface area (Å²) >= 11 is 0. The lowest BCUT2D eigenvalue weighted by Gasteiger charge is -2.16. The summed E-state index contributed by atoms with van der Waals surface area (Å²) in [6.45, 7) is 2.31. The fourth-order valence-electron chi connectivity index (χ4n) is 1.31.